The Morgan fingerprint density at radius 3 is 2.56 bits per heavy atom. The number of benzene rings is 1. The molecule has 0 radical (unpaired) electrons. The molecular formula is C19H28N2O3S. The lowest BCUT2D eigenvalue weighted by Gasteiger charge is -2.30. The number of rotatable bonds is 3. The molecule has 1 atom stereocenters. The summed E-state index contributed by atoms with van der Waals surface area (Å²) in [5.74, 6) is 0.418. The van der Waals surface area contributed by atoms with E-state index in [1.54, 1.807) is 21.3 Å². The van der Waals surface area contributed by atoms with Crippen LogP contribution in [0.15, 0.2) is 17.0 Å². The number of sulfonamides is 1. The van der Waals surface area contributed by atoms with Gasteiger partial charge in [-0.15, -0.1) is 0 Å². The number of carbonyl (C=O) groups excluding carboxylic acids is 1. The SMILES string of the molecule is CCN1C(=O)C(C)(C)c2cc(S(=O)(=O)N3CCCC(C)C3)cc(C)c21. The summed E-state index contributed by atoms with van der Waals surface area (Å²) >= 11 is 0. The van der Waals surface area contributed by atoms with Crippen molar-refractivity contribution in [2.45, 2.75) is 57.8 Å². The normalized spacial score (nSPS) is 23.8. The topological polar surface area (TPSA) is 57.7 Å². The molecule has 2 aliphatic rings. The van der Waals surface area contributed by atoms with E-state index in [-0.39, 0.29) is 5.91 Å². The number of fused-ring (bicyclic) bond motifs is 1. The Bertz CT molecular complexity index is 814. The van der Waals surface area contributed by atoms with Crippen LogP contribution in [0.4, 0.5) is 5.69 Å². The minimum absolute atomic E-state index is 0.0363. The number of nitrogens with zero attached hydrogens (tertiary/aromatic N) is 2. The Labute approximate surface area is 151 Å². The molecule has 138 valence electrons. The minimum Gasteiger partial charge on any atom is -0.311 e. The zero-order valence-corrected chi connectivity index (χ0v) is 16.6. The highest BCUT2D eigenvalue weighted by molar-refractivity contribution is 7.89. The number of anilines is 1. The van der Waals surface area contributed by atoms with Crippen molar-refractivity contribution in [3.63, 3.8) is 0 Å². The molecule has 1 unspecified atom stereocenters. The van der Waals surface area contributed by atoms with E-state index in [1.807, 2.05) is 27.7 Å². The molecule has 0 saturated carbocycles. The van der Waals surface area contributed by atoms with Crippen molar-refractivity contribution in [2.24, 2.45) is 5.92 Å². The smallest absolute Gasteiger partial charge is 0.243 e. The van der Waals surface area contributed by atoms with Crippen LogP contribution < -0.4 is 4.90 Å². The maximum absolute atomic E-state index is 13.2. The molecule has 6 heteroatoms. The van der Waals surface area contributed by atoms with Crippen LogP contribution in [-0.4, -0.2) is 38.3 Å². The zero-order chi connectivity index (χ0) is 18.6. The van der Waals surface area contributed by atoms with Crippen LogP contribution in [0, 0.1) is 12.8 Å². The van der Waals surface area contributed by atoms with Crippen LogP contribution in [0.2, 0.25) is 0 Å². The highest BCUT2D eigenvalue weighted by atomic mass is 32.2. The number of hydrogen-bond donors (Lipinski definition) is 0. The Morgan fingerprint density at radius 1 is 1.28 bits per heavy atom. The maximum Gasteiger partial charge on any atom is 0.243 e. The third-order valence-electron chi connectivity index (χ3n) is 5.57. The fourth-order valence-corrected chi connectivity index (χ4v) is 5.81. The number of hydrogen-bond acceptors (Lipinski definition) is 3. The van der Waals surface area contributed by atoms with E-state index in [1.165, 1.54) is 0 Å². The first-order chi connectivity index (χ1) is 11.6. The average Bonchev–Trinajstić information content (AvgIpc) is 2.75. The van der Waals surface area contributed by atoms with Gasteiger partial charge in [-0.1, -0.05) is 6.92 Å². The lowest BCUT2D eigenvalue weighted by Crippen LogP contribution is -2.39. The maximum atomic E-state index is 13.2. The van der Waals surface area contributed by atoms with Crippen LogP contribution in [0.25, 0.3) is 0 Å². The summed E-state index contributed by atoms with van der Waals surface area (Å²) in [4.78, 5) is 14.8. The second-order valence-corrected chi connectivity index (χ2v) is 9.86. The molecule has 5 nitrogen and oxygen atoms in total. The van der Waals surface area contributed by atoms with Crippen molar-refractivity contribution < 1.29 is 13.2 Å². The molecule has 0 aliphatic carbocycles. The number of carbonyl (C=O) groups is 1. The van der Waals surface area contributed by atoms with Crippen LogP contribution in [0.1, 0.15) is 51.7 Å². The third-order valence-corrected chi connectivity index (χ3v) is 7.41. The molecule has 1 fully saturated rings. The number of piperidine rings is 1. The highest BCUT2D eigenvalue weighted by Gasteiger charge is 2.45. The van der Waals surface area contributed by atoms with Gasteiger partial charge in [0, 0.05) is 19.6 Å². The first-order valence-electron chi connectivity index (χ1n) is 9.08. The van der Waals surface area contributed by atoms with E-state index >= 15 is 0 Å². The molecule has 2 heterocycles. The number of aryl methyl sites for hydroxylation is 1. The lowest BCUT2D eigenvalue weighted by atomic mass is 9.85. The standard InChI is InChI=1S/C19H28N2O3S/c1-6-21-17-14(3)10-15(11-16(17)19(4,5)18(21)22)25(23,24)20-9-7-8-13(2)12-20/h10-11,13H,6-9,12H2,1-5H3. The van der Waals surface area contributed by atoms with Gasteiger partial charge in [0.25, 0.3) is 0 Å². The molecule has 0 bridgehead atoms. The van der Waals surface area contributed by atoms with E-state index in [2.05, 4.69) is 6.92 Å². The molecule has 1 aromatic rings. The first-order valence-corrected chi connectivity index (χ1v) is 10.5. The van der Waals surface area contributed by atoms with Crippen molar-refractivity contribution in [1.29, 1.82) is 0 Å². The second-order valence-electron chi connectivity index (χ2n) is 7.92. The zero-order valence-electron chi connectivity index (χ0n) is 15.8. The monoisotopic (exact) mass is 364 g/mol. The van der Waals surface area contributed by atoms with Gasteiger partial charge in [-0.2, -0.15) is 4.31 Å². The molecule has 3 rings (SSSR count). The van der Waals surface area contributed by atoms with E-state index in [0.717, 1.165) is 29.7 Å². The van der Waals surface area contributed by atoms with Crippen molar-refractivity contribution in [1.82, 2.24) is 4.31 Å². The van der Waals surface area contributed by atoms with Gasteiger partial charge in [0.15, 0.2) is 0 Å². The Balaban J connectivity index is 2.11. The average molecular weight is 365 g/mol. The molecule has 0 N–H and O–H groups in total. The molecule has 0 aromatic heterocycles. The van der Waals surface area contributed by atoms with Crippen molar-refractivity contribution in [3.8, 4) is 0 Å². The van der Waals surface area contributed by atoms with Gasteiger partial charge in [-0.3, -0.25) is 4.79 Å². The largest absolute Gasteiger partial charge is 0.311 e. The highest BCUT2D eigenvalue weighted by Crippen LogP contribution is 2.44. The third kappa shape index (κ3) is 2.79. The number of likely N-dealkylation sites (N-methyl/N-ethyl adjacent to an activating group) is 1. The van der Waals surface area contributed by atoms with Crippen molar-refractivity contribution in [2.75, 3.05) is 24.5 Å². The summed E-state index contributed by atoms with van der Waals surface area (Å²) in [6, 6.07) is 3.45. The van der Waals surface area contributed by atoms with Gasteiger partial charge in [0.1, 0.15) is 0 Å². The van der Waals surface area contributed by atoms with Gasteiger partial charge in [0.2, 0.25) is 15.9 Å². The van der Waals surface area contributed by atoms with Crippen molar-refractivity contribution >= 4 is 21.6 Å². The summed E-state index contributed by atoms with van der Waals surface area (Å²) in [6.07, 6.45) is 1.97. The van der Waals surface area contributed by atoms with Gasteiger partial charge in [-0.25, -0.2) is 8.42 Å². The number of amides is 1. The Kier molecular flexibility index (Phi) is 4.48. The summed E-state index contributed by atoms with van der Waals surface area (Å²) < 4.78 is 27.9. The van der Waals surface area contributed by atoms with Gasteiger partial charge in [-0.05, 0) is 69.7 Å². The molecule has 2 aliphatic heterocycles. The van der Waals surface area contributed by atoms with Crippen LogP contribution >= 0.6 is 0 Å². The fourth-order valence-electron chi connectivity index (χ4n) is 4.10. The van der Waals surface area contributed by atoms with Crippen LogP contribution in [0.3, 0.4) is 0 Å². The summed E-state index contributed by atoms with van der Waals surface area (Å²) in [6.45, 7) is 11.4. The molecular weight excluding hydrogens is 336 g/mol. The summed E-state index contributed by atoms with van der Waals surface area (Å²) in [5.41, 5.74) is 1.85. The predicted molar refractivity (Wildman–Crippen MR) is 99.4 cm³/mol. The van der Waals surface area contributed by atoms with E-state index in [4.69, 9.17) is 0 Å². The van der Waals surface area contributed by atoms with Crippen molar-refractivity contribution in [3.05, 3.63) is 23.3 Å². The van der Waals surface area contributed by atoms with Gasteiger partial charge < -0.3 is 4.90 Å². The lowest BCUT2D eigenvalue weighted by molar-refractivity contribution is -0.122. The molecule has 25 heavy (non-hydrogen) atoms. The summed E-state index contributed by atoms with van der Waals surface area (Å²) in [5, 5.41) is 0. The van der Waals surface area contributed by atoms with Gasteiger partial charge >= 0.3 is 0 Å². The molecule has 1 saturated heterocycles. The predicted octanol–water partition coefficient (Wildman–Crippen LogP) is 3.06. The quantitative estimate of drug-likeness (QED) is 0.828. The Hall–Kier alpha value is -1.40. The summed E-state index contributed by atoms with van der Waals surface area (Å²) in [7, 11) is -3.53. The van der Waals surface area contributed by atoms with Gasteiger partial charge in [0.05, 0.1) is 16.0 Å². The molecule has 1 amide bonds. The van der Waals surface area contributed by atoms with Crippen LogP contribution in [0.5, 0.6) is 0 Å². The van der Waals surface area contributed by atoms with E-state index in [0.29, 0.717) is 30.4 Å². The van der Waals surface area contributed by atoms with Crippen LogP contribution in [-0.2, 0) is 20.2 Å². The first kappa shape index (κ1) is 18.4. The fraction of sp³-hybridized carbons (Fsp3) is 0.632. The van der Waals surface area contributed by atoms with E-state index in [9.17, 15) is 13.2 Å². The molecule has 0 spiro atoms. The Morgan fingerprint density at radius 2 is 1.96 bits per heavy atom. The molecule has 1 aromatic carbocycles. The minimum atomic E-state index is -3.53. The second kappa shape index (κ2) is 6.09. The van der Waals surface area contributed by atoms with E-state index < -0.39 is 15.4 Å².